The molecule has 112 valence electrons. The summed E-state index contributed by atoms with van der Waals surface area (Å²) in [7, 11) is 0. The molecule has 1 heteroatoms. The molecular formula is C21H22O. The van der Waals surface area contributed by atoms with Crippen molar-refractivity contribution in [3.8, 4) is 28.7 Å². The molecule has 1 aliphatic rings. The standard InChI is InChI=1S/C21H22O/c1-14(2)5-6-16-7-9-20-19-10-8-17(15(3)4)12-18(19)13-22-21(20)11-16/h7-12,14-15H,13H2,1-4H3. The molecule has 0 bridgehead atoms. The molecule has 0 saturated heterocycles. The summed E-state index contributed by atoms with van der Waals surface area (Å²) in [5, 5.41) is 0. The average Bonchev–Trinajstić information content (AvgIpc) is 2.51. The van der Waals surface area contributed by atoms with Gasteiger partial charge in [0.1, 0.15) is 12.4 Å². The van der Waals surface area contributed by atoms with Crippen LogP contribution in [0.4, 0.5) is 0 Å². The summed E-state index contributed by atoms with van der Waals surface area (Å²) in [6.45, 7) is 9.29. The maximum absolute atomic E-state index is 5.96. The van der Waals surface area contributed by atoms with Crippen molar-refractivity contribution in [3.05, 3.63) is 53.1 Å². The summed E-state index contributed by atoms with van der Waals surface area (Å²) in [5.41, 5.74) is 6.13. The second-order valence-electron chi connectivity index (χ2n) is 6.49. The lowest BCUT2D eigenvalue weighted by Gasteiger charge is -2.22. The van der Waals surface area contributed by atoms with Crippen molar-refractivity contribution in [1.82, 2.24) is 0 Å². The third kappa shape index (κ3) is 2.88. The first kappa shape index (κ1) is 14.7. The van der Waals surface area contributed by atoms with E-state index in [9.17, 15) is 0 Å². The van der Waals surface area contributed by atoms with Crippen LogP contribution in [0, 0.1) is 17.8 Å². The minimum absolute atomic E-state index is 0.382. The van der Waals surface area contributed by atoms with Crippen LogP contribution in [0.25, 0.3) is 11.1 Å². The predicted octanol–water partition coefficient (Wildman–Crippen LogP) is 5.38. The van der Waals surface area contributed by atoms with Gasteiger partial charge in [-0.25, -0.2) is 0 Å². The van der Waals surface area contributed by atoms with Crippen molar-refractivity contribution in [2.75, 3.05) is 0 Å². The van der Waals surface area contributed by atoms with Crippen molar-refractivity contribution in [2.24, 2.45) is 5.92 Å². The van der Waals surface area contributed by atoms with Gasteiger partial charge < -0.3 is 4.74 Å². The third-order valence-electron chi connectivity index (χ3n) is 3.96. The first-order chi connectivity index (χ1) is 10.5. The molecular weight excluding hydrogens is 268 g/mol. The van der Waals surface area contributed by atoms with Gasteiger partial charge >= 0.3 is 0 Å². The second-order valence-corrected chi connectivity index (χ2v) is 6.49. The fourth-order valence-electron chi connectivity index (χ4n) is 2.68. The van der Waals surface area contributed by atoms with Gasteiger partial charge in [0.25, 0.3) is 0 Å². The molecule has 2 aromatic rings. The van der Waals surface area contributed by atoms with Gasteiger partial charge in [-0.1, -0.05) is 57.7 Å². The van der Waals surface area contributed by atoms with Gasteiger partial charge in [0.15, 0.2) is 0 Å². The number of benzene rings is 2. The van der Waals surface area contributed by atoms with E-state index in [2.05, 4.69) is 75.9 Å². The third-order valence-corrected chi connectivity index (χ3v) is 3.96. The van der Waals surface area contributed by atoms with Crippen LogP contribution in [0.3, 0.4) is 0 Å². The highest BCUT2D eigenvalue weighted by Crippen LogP contribution is 2.38. The second kappa shape index (κ2) is 5.89. The predicted molar refractivity (Wildman–Crippen MR) is 92.0 cm³/mol. The monoisotopic (exact) mass is 290 g/mol. The Morgan fingerprint density at radius 2 is 1.73 bits per heavy atom. The normalized spacial score (nSPS) is 12.3. The molecule has 0 saturated carbocycles. The van der Waals surface area contributed by atoms with E-state index in [0.29, 0.717) is 18.4 Å². The molecule has 0 aliphatic carbocycles. The lowest BCUT2D eigenvalue weighted by molar-refractivity contribution is 0.302. The molecule has 22 heavy (non-hydrogen) atoms. The summed E-state index contributed by atoms with van der Waals surface area (Å²) in [4.78, 5) is 0. The minimum Gasteiger partial charge on any atom is -0.488 e. The summed E-state index contributed by atoms with van der Waals surface area (Å²) in [6, 6.07) is 13.0. The summed E-state index contributed by atoms with van der Waals surface area (Å²) in [5.74, 6) is 8.28. The van der Waals surface area contributed by atoms with E-state index >= 15 is 0 Å². The van der Waals surface area contributed by atoms with E-state index in [-0.39, 0.29) is 0 Å². The van der Waals surface area contributed by atoms with Crippen LogP contribution >= 0.6 is 0 Å². The lowest BCUT2D eigenvalue weighted by Crippen LogP contribution is -2.06. The first-order valence-electron chi connectivity index (χ1n) is 7.96. The van der Waals surface area contributed by atoms with E-state index in [1.54, 1.807) is 0 Å². The Bertz CT molecular complexity index is 757. The number of hydrogen-bond acceptors (Lipinski definition) is 1. The summed E-state index contributed by atoms with van der Waals surface area (Å²) < 4.78 is 5.96. The van der Waals surface area contributed by atoms with E-state index in [4.69, 9.17) is 4.74 Å². The number of fused-ring (bicyclic) bond motifs is 3. The Labute approximate surface area is 133 Å². The zero-order valence-electron chi connectivity index (χ0n) is 13.7. The van der Waals surface area contributed by atoms with Crippen molar-refractivity contribution in [1.29, 1.82) is 0 Å². The van der Waals surface area contributed by atoms with Crippen LogP contribution in [0.5, 0.6) is 5.75 Å². The van der Waals surface area contributed by atoms with Crippen LogP contribution in [-0.2, 0) is 6.61 Å². The van der Waals surface area contributed by atoms with Crippen LogP contribution in [-0.4, -0.2) is 0 Å². The Kier molecular flexibility index (Phi) is 3.94. The molecule has 0 atom stereocenters. The molecule has 0 aromatic heterocycles. The quantitative estimate of drug-likeness (QED) is 0.641. The van der Waals surface area contributed by atoms with Crippen molar-refractivity contribution < 1.29 is 4.74 Å². The molecule has 1 heterocycles. The molecule has 0 spiro atoms. The maximum atomic E-state index is 5.96. The average molecular weight is 290 g/mol. The SMILES string of the molecule is CC(C)C#Cc1ccc2c(c1)OCc1cc(C(C)C)ccc1-2. The number of rotatable bonds is 1. The molecule has 2 aromatic carbocycles. The molecule has 3 rings (SSSR count). The van der Waals surface area contributed by atoms with Gasteiger partial charge in [-0.3, -0.25) is 0 Å². The van der Waals surface area contributed by atoms with Crippen molar-refractivity contribution in [3.63, 3.8) is 0 Å². The van der Waals surface area contributed by atoms with E-state index in [1.165, 1.54) is 22.3 Å². The molecule has 0 radical (unpaired) electrons. The van der Waals surface area contributed by atoms with Gasteiger partial charge in [0.2, 0.25) is 0 Å². The highest BCUT2D eigenvalue weighted by molar-refractivity contribution is 5.76. The fourth-order valence-corrected chi connectivity index (χ4v) is 2.68. The molecule has 0 unspecified atom stereocenters. The summed E-state index contributed by atoms with van der Waals surface area (Å²) >= 11 is 0. The Hall–Kier alpha value is -2.20. The topological polar surface area (TPSA) is 9.23 Å². The van der Waals surface area contributed by atoms with E-state index in [0.717, 1.165) is 11.3 Å². The zero-order chi connectivity index (χ0) is 15.7. The minimum atomic E-state index is 0.382. The summed E-state index contributed by atoms with van der Waals surface area (Å²) in [6.07, 6.45) is 0. The Balaban J connectivity index is 2.00. The van der Waals surface area contributed by atoms with Crippen LogP contribution in [0.1, 0.15) is 50.3 Å². The molecule has 0 amide bonds. The van der Waals surface area contributed by atoms with Gasteiger partial charge in [-0.05, 0) is 40.8 Å². The van der Waals surface area contributed by atoms with Crippen molar-refractivity contribution in [2.45, 2.75) is 40.2 Å². The fraction of sp³-hybridized carbons (Fsp3) is 0.333. The van der Waals surface area contributed by atoms with E-state index in [1.807, 2.05) is 0 Å². The van der Waals surface area contributed by atoms with Crippen LogP contribution < -0.4 is 4.74 Å². The largest absolute Gasteiger partial charge is 0.488 e. The van der Waals surface area contributed by atoms with Gasteiger partial charge in [-0.2, -0.15) is 0 Å². The Morgan fingerprint density at radius 1 is 0.955 bits per heavy atom. The molecule has 1 aliphatic heterocycles. The maximum Gasteiger partial charge on any atom is 0.128 e. The highest BCUT2D eigenvalue weighted by atomic mass is 16.5. The van der Waals surface area contributed by atoms with Crippen LogP contribution in [0.15, 0.2) is 36.4 Å². The number of ether oxygens (including phenoxy) is 1. The highest BCUT2D eigenvalue weighted by Gasteiger charge is 2.18. The van der Waals surface area contributed by atoms with Gasteiger partial charge in [0, 0.05) is 17.0 Å². The first-order valence-corrected chi connectivity index (χ1v) is 7.96. The molecule has 0 fully saturated rings. The van der Waals surface area contributed by atoms with E-state index < -0.39 is 0 Å². The number of hydrogen-bond donors (Lipinski definition) is 0. The van der Waals surface area contributed by atoms with Gasteiger partial charge in [0.05, 0.1) is 0 Å². The molecule has 1 nitrogen and oxygen atoms in total. The lowest BCUT2D eigenvalue weighted by atomic mass is 9.92. The zero-order valence-corrected chi connectivity index (χ0v) is 13.7. The van der Waals surface area contributed by atoms with Gasteiger partial charge in [-0.15, -0.1) is 0 Å². The molecule has 0 N–H and O–H groups in total. The van der Waals surface area contributed by atoms with Crippen LogP contribution in [0.2, 0.25) is 0 Å². The Morgan fingerprint density at radius 3 is 2.45 bits per heavy atom. The smallest absolute Gasteiger partial charge is 0.128 e. The van der Waals surface area contributed by atoms with Crippen molar-refractivity contribution >= 4 is 0 Å².